The highest BCUT2D eigenvalue weighted by molar-refractivity contribution is 5.94. The molecular weight excluding hydrogens is 260 g/mol. The van der Waals surface area contributed by atoms with Crippen LogP contribution in [0.25, 0.3) is 0 Å². The van der Waals surface area contributed by atoms with Gasteiger partial charge in [0.1, 0.15) is 6.61 Å². The molecule has 1 saturated heterocycles. The number of carbonyl (C=O) groups is 1. The molecule has 0 radical (unpaired) electrons. The van der Waals surface area contributed by atoms with Crippen molar-refractivity contribution in [3.63, 3.8) is 0 Å². The summed E-state index contributed by atoms with van der Waals surface area (Å²) < 4.78 is 10.3. The SMILES string of the molecule is COCCOc1cc(C(=O)N2CCC[C@H](O)C2)ccn1. The van der Waals surface area contributed by atoms with E-state index < -0.39 is 6.10 Å². The zero-order chi connectivity index (χ0) is 14.4. The van der Waals surface area contributed by atoms with Crippen LogP contribution in [0.5, 0.6) is 5.88 Å². The van der Waals surface area contributed by atoms with Crippen molar-refractivity contribution in [1.82, 2.24) is 9.88 Å². The van der Waals surface area contributed by atoms with E-state index in [-0.39, 0.29) is 5.91 Å². The summed E-state index contributed by atoms with van der Waals surface area (Å²) in [6, 6.07) is 3.28. The number of aromatic nitrogens is 1. The van der Waals surface area contributed by atoms with E-state index in [1.165, 1.54) is 0 Å². The van der Waals surface area contributed by atoms with Crippen molar-refractivity contribution in [2.24, 2.45) is 0 Å². The lowest BCUT2D eigenvalue weighted by atomic mass is 10.1. The lowest BCUT2D eigenvalue weighted by molar-refractivity contribution is 0.0473. The first-order chi connectivity index (χ1) is 9.70. The Morgan fingerprint density at radius 2 is 2.40 bits per heavy atom. The Morgan fingerprint density at radius 1 is 1.55 bits per heavy atom. The second-order valence-electron chi connectivity index (χ2n) is 4.77. The van der Waals surface area contributed by atoms with Gasteiger partial charge in [0, 0.05) is 38.0 Å². The average molecular weight is 280 g/mol. The fourth-order valence-electron chi connectivity index (χ4n) is 2.17. The summed E-state index contributed by atoms with van der Waals surface area (Å²) in [7, 11) is 1.60. The number of aliphatic hydroxyl groups excluding tert-OH is 1. The molecule has 1 aromatic rings. The van der Waals surface area contributed by atoms with Gasteiger partial charge in [-0.3, -0.25) is 4.79 Å². The molecule has 110 valence electrons. The predicted octanol–water partition coefficient (Wildman–Crippen LogP) is 0.704. The topological polar surface area (TPSA) is 71.9 Å². The largest absolute Gasteiger partial charge is 0.475 e. The number of aliphatic hydroxyl groups is 1. The van der Waals surface area contributed by atoms with Gasteiger partial charge in [0.05, 0.1) is 12.7 Å². The lowest BCUT2D eigenvalue weighted by Gasteiger charge is -2.30. The van der Waals surface area contributed by atoms with Crippen LogP contribution in [0.1, 0.15) is 23.2 Å². The number of rotatable bonds is 5. The number of pyridine rings is 1. The van der Waals surface area contributed by atoms with Gasteiger partial charge in [-0.15, -0.1) is 0 Å². The summed E-state index contributed by atoms with van der Waals surface area (Å²) in [5.74, 6) is 0.313. The second-order valence-corrected chi connectivity index (χ2v) is 4.77. The Hall–Kier alpha value is -1.66. The van der Waals surface area contributed by atoms with Crippen LogP contribution in [0.15, 0.2) is 18.3 Å². The maximum Gasteiger partial charge on any atom is 0.254 e. The van der Waals surface area contributed by atoms with Crippen LogP contribution in [-0.4, -0.2) is 60.4 Å². The maximum atomic E-state index is 12.3. The Bertz CT molecular complexity index is 453. The normalized spacial score (nSPS) is 18.9. The van der Waals surface area contributed by atoms with Gasteiger partial charge in [-0.05, 0) is 18.9 Å². The number of methoxy groups -OCH3 is 1. The summed E-state index contributed by atoms with van der Waals surface area (Å²) in [6.45, 7) is 1.93. The summed E-state index contributed by atoms with van der Waals surface area (Å²) in [4.78, 5) is 18.1. The van der Waals surface area contributed by atoms with Crippen LogP contribution in [0, 0.1) is 0 Å². The summed E-state index contributed by atoms with van der Waals surface area (Å²) in [6.07, 6.45) is 2.71. The maximum absolute atomic E-state index is 12.3. The van der Waals surface area contributed by atoms with Gasteiger partial charge < -0.3 is 19.5 Å². The fraction of sp³-hybridized carbons (Fsp3) is 0.571. The molecule has 0 saturated carbocycles. The van der Waals surface area contributed by atoms with Gasteiger partial charge in [0.2, 0.25) is 5.88 Å². The van der Waals surface area contributed by atoms with E-state index in [1.54, 1.807) is 30.3 Å². The average Bonchev–Trinajstić information content (AvgIpc) is 2.47. The molecule has 1 fully saturated rings. The minimum Gasteiger partial charge on any atom is -0.475 e. The summed E-state index contributed by atoms with van der Waals surface area (Å²) in [5, 5.41) is 9.63. The van der Waals surface area contributed by atoms with Gasteiger partial charge in [0.15, 0.2) is 0 Å². The first-order valence-corrected chi connectivity index (χ1v) is 6.76. The van der Waals surface area contributed by atoms with E-state index in [2.05, 4.69) is 4.98 Å². The van der Waals surface area contributed by atoms with Crippen molar-refractivity contribution < 1.29 is 19.4 Å². The smallest absolute Gasteiger partial charge is 0.254 e. The van der Waals surface area contributed by atoms with E-state index in [9.17, 15) is 9.90 Å². The van der Waals surface area contributed by atoms with Crippen LogP contribution in [-0.2, 0) is 4.74 Å². The van der Waals surface area contributed by atoms with E-state index >= 15 is 0 Å². The Balaban J connectivity index is 2.00. The highest BCUT2D eigenvalue weighted by atomic mass is 16.5. The molecule has 1 aliphatic rings. The zero-order valence-corrected chi connectivity index (χ0v) is 11.6. The molecule has 2 heterocycles. The molecule has 2 rings (SSSR count). The molecule has 0 aromatic carbocycles. The minimum absolute atomic E-state index is 0.0947. The van der Waals surface area contributed by atoms with Crippen molar-refractivity contribution in [3.8, 4) is 5.88 Å². The number of piperidine rings is 1. The fourth-order valence-corrected chi connectivity index (χ4v) is 2.17. The van der Waals surface area contributed by atoms with Gasteiger partial charge in [-0.2, -0.15) is 0 Å². The predicted molar refractivity (Wildman–Crippen MR) is 72.8 cm³/mol. The lowest BCUT2D eigenvalue weighted by Crippen LogP contribution is -2.42. The Kier molecular flexibility index (Phi) is 5.31. The Morgan fingerprint density at radius 3 is 3.15 bits per heavy atom. The molecule has 1 aliphatic heterocycles. The number of ether oxygens (including phenoxy) is 2. The molecule has 6 nitrogen and oxygen atoms in total. The quantitative estimate of drug-likeness (QED) is 0.804. The molecule has 0 aliphatic carbocycles. The standard InChI is InChI=1S/C14H20N2O4/c1-19-7-8-20-13-9-11(4-5-15-13)14(18)16-6-2-3-12(17)10-16/h4-5,9,12,17H,2-3,6-8,10H2,1H3/t12-/m0/s1. The van der Waals surface area contributed by atoms with Crippen LogP contribution >= 0.6 is 0 Å². The van der Waals surface area contributed by atoms with Crippen molar-refractivity contribution in [2.45, 2.75) is 18.9 Å². The number of nitrogens with zero attached hydrogens (tertiary/aromatic N) is 2. The van der Waals surface area contributed by atoms with E-state index in [1.807, 2.05) is 0 Å². The van der Waals surface area contributed by atoms with Gasteiger partial charge in [-0.25, -0.2) is 4.98 Å². The van der Waals surface area contributed by atoms with Crippen molar-refractivity contribution in [2.75, 3.05) is 33.4 Å². The third-order valence-corrected chi connectivity index (χ3v) is 3.20. The zero-order valence-electron chi connectivity index (χ0n) is 11.6. The van der Waals surface area contributed by atoms with Crippen LogP contribution in [0.3, 0.4) is 0 Å². The highest BCUT2D eigenvalue weighted by Gasteiger charge is 2.23. The molecule has 1 atom stereocenters. The molecule has 20 heavy (non-hydrogen) atoms. The third kappa shape index (κ3) is 3.91. The molecule has 1 aromatic heterocycles. The number of hydrogen-bond donors (Lipinski definition) is 1. The molecule has 0 bridgehead atoms. The second kappa shape index (κ2) is 7.21. The number of carbonyl (C=O) groups excluding carboxylic acids is 1. The van der Waals surface area contributed by atoms with Crippen LogP contribution in [0.2, 0.25) is 0 Å². The molecule has 0 unspecified atom stereocenters. The van der Waals surface area contributed by atoms with Crippen LogP contribution < -0.4 is 4.74 Å². The minimum atomic E-state index is -0.424. The van der Waals surface area contributed by atoms with Crippen molar-refractivity contribution >= 4 is 5.91 Å². The molecule has 0 spiro atoms. The van der Waals surface area contributed by atoms with E-state index in [0.717, 1.165) is 12.8 Å². The van der Waals surface area contributed by atoms with Crippen molar-refractivity contribution in [1.29, 1.82) is 0 Å². The molecule has 1 N–H and O–H groups in total. The molecule has 1 amide bonds. The van der Waals surface area contributed by atoms with Gasteiger partial charge >= 0.3 is 0 Å². The summed E-state index contributed by atoms with van der Waals surface area (Å²) >= 11 is 0. The third-order valence-electron chi connectivity index (χ3n) is 3.20. The Labute approximate surface area is 118 Å². The molecule has 6 heteroatoms. The molecular formula is C14H20N2O4. The van der Waals surface area contributed by atoms with Crippen molar-refractivity contribution in [3.05, 3.63) is 23.9 Å². The van der Waals surface area contributed by atoms with Gasteiger partial charge in [0.25, 0.3) is 5.91 Å². The number of likely N-dealkylation sites (tertiary alicyclic amines) is 1. The summed E-state index contributed by atoms with van der Waals surface area (Å²) in [5.41, 5.74) is 0.529. The first kappa shape index (κ1) is 14.7. The number of hydrogen-bond acceptors (Lipinski definition) is 5. The van der Waals surface area contributed by atoms with E-state index in [0.29, 0.717) is 37.7 Å². The van der Waals surface area contributed by atoms with Crippen LogP contribution in [0.4, 0.5) is 0 Å². The van der Waals surface area contributed by atoms with Gasteiger partial charge in [-0.1, -0.05) is 0 Å². The van der Waals surface area contributed by atoms with E-state index in [4.69, 9.17) is 9.47 Å². The number of β-amino-alcohol motifs (C(OH)–C–C–N with tert-alkyl or cyclic N) is 1. The first-order valence-electron chi connectivity index (χ1n) is 6.76. The monoisotopic (exact) mass is 280 g/mol. The highest BCUT2D eigenvalue weighted by Crippen LogP contribution is 2.16. The number of amides is 1.